The predicted octanol–water partition coefficient (Wildman–Crippen LogP) is 3.63. The van der Waals surface area contributed by atoms with Crippen LogP contribution in [0.2, 0.25) is 0 Å². The van der Waals surface area contributed by atoms with Gasteiger partial charge in [-0.3, -0.25) is 9.69 Å². The third-order valence-corrected chi connectivity index (χ3v) is 4.26. The lowest BCUT2D eigenvalue weighted by molar-refractivity contribution is -0.121. The summed E-state index contributed by atoms with van der Waals surface area (Å²) in [6, 6.07) is 20.6. The highest BCUT2D eigenvalue weighted by Gasteiger charge is 2.29. The molecular weight excluding hydrogens is 270 g/mol. The zero-order chi connectivity index (χ0) is 15.4. The van der Waals surface area contributed by atoms with Crippen LogP contribution in [-0.2, 0) is 17.8 Å². The van der Waals surface area contributed by atoms with Gasteiger partial charge in [-0.15, -0.1) is 0 Å². The summed E-state index contributed by atoms with van der Waals surface area (Å²) in [5, 5.41) is 0. The minimum Gasteiger partial charge on any atom is -0.293 e. The van der Waals surface area contributed by atoms with Crippen LogP contribution < -0.4 is 0 Å². The monoisotopic (exact) mass is 291 g/mol. The standard InChI is InChI=1S/C20H21NO/c1-16-12-13-21(15-18-10-6-3-7-11-18)19(20(16)22)14-17-8-4-2-5-9-17/h2-12,19H,13-15H2,1H3. The zero-order valence-corrected chi connectivity index (χ0v) is 12.9. The molecule has 0 radical (unpaired) electrons. The van der Waals surface area contributed by atoms with Crippen molar-refractivity contribution in [3.8, 4) is 0 Å². The van der Waals surface area contributed by atoms with E-state index in [1.165, 1.54) is 11.1 Å². The second kappa shape index (κ2) is 6.71. The molecule has 1 aliphatic rings. The maximum Gasteiger partial charge on any atom is 0.175 e. The molecule has 2 aromatic carbocycles. The van der Waals surface area contributed by atoms with Gasteiger partial charge in [0.1, 0.15) is 0 Å². The smallest absolute Gasteiger partial charge is 0.175 e. The molecule has 0 aromatic heterocycles. The van der Waals surface area contributed by atoms with E-state index in [1.807, 2.05) is 49.4 Å². The highest BCUT2D eigenvalue weighted by atomic mass is 16.1. The third kappa shape index (κ3) is 3.34. The first-order chi connectivity index (χ1) is 10.7. The summed E-state index contributed by atoms with van der Waals surface area (Å²) in [7, 11) is 0. The highest BCUT2D eigenvalue weighted by Crippen LogP contribution is 2.20. The van der Waals surface area contributed by atoms with Crippen LogP contribution in [0.15, 0.2) is 72.3 Å². The van der Waals surface area contributed by atoms with Crippen molar-refractivity contribution in [1.82, 2.24) is 4.90 Å². The minimum absolute atomic E-state index is 0.0624. The molecule has 0 N–H and O–H groups in total. The van der Waals surface area contributed by atoms with E-state index >= 15 is 0 Å². The van der Waals surface area contributed by atoms with E-state index in [0.717, 1.165) is 25.1 Å². The first-order valence-electron chi connectivity index (χ1n) is 7.77. The predicted molar refractivity (Wildman–Crippen MR) is 89.6 cm³/mol. The number of hydrogen-bond acceptors (Lipinski definition) is 2. The fraction of sp³-hybridized carbons (Fsp3) is 0.250. The Morgan fingerprint density at radius 2 is 1.55 bits per heavy atom. The Bertz CT molecular complexity index is 661. The zero-order valence-electron chi connectivity index (χ0n) is 12.9. The van der Waals surface area contributed by atoms with Crippen molar-refractivity contribution in [3.05, 3.63) is 83.4 Å². The lowest BCUT2D eigenvalue weighted by Gasteiger charge is -2.33. The van der Waals surface area contributed by atoms with E-state index in [-0.39, 0.29) is 11.8 Å². The Kier molecular flexibility index (Phi) is 4.50. The quantitative estimate of drug-likeness (QED) is 0.857. The van der Waals surface area contributed by atoms with E-state index in [2.05, 4.69) is 29.2 Å². The molecule has 2 heteroatoms. The lowest BCUT2D eigenvalue weighted by Crippen LogP contribution is -2.45. The van der Waals surface area contributed by atoms with E-state index in [0.29, 0.717) is 0 Å². The molecule has 22 heavy (non-hydrogen) atoms. The molecule has 1 unspecified atom stereocenters. The summed E-state index contributed by atoms with van der Waals surface area (Å²) in [6.45, 7) is 3.58. The summed E-state index contributed by atoms with van der Waals surface area (Å²) in [6.07, 6.45) is 2.82. The summed E-state index contributed by atoms with van der Waals surface area (Å²) < 4.78 is 0. The molecule has 0 saturated carbocycles. The molecule has 0 saturated heterocycles. The number of benzene rings is 2. The number of rotatable bonds is 4. The van der Waals surface area contributed by atoms with Gasteiger partial charge in [0.2, 0.25) is 0 Å². The first kappa shape index (κ1) is 14.7. The van der Waals surface area contributed by atoms with Crippen LogP contribution in [0.4, 0.5) is 0 Å². The van der Waals surface area contributed by atoms with Crippen LogP contribution in [0.1, 0.15) is 18.1 Å². The van der Waals surface area contributed by atoms with Gasteiger partial charge in [0, 0.05) is 13.1 Å². The fourth-order valence-electron chi connectivity index (χ4n) is 2.96. The molecule has 0 amide bonds. The Morgan fingerprint density at radius 1 is 0.955 bits per heavy atom. The second-order valence-corrected chi connectivity index (χ2v) is 5.87. The molecule has 3 rings (SSSR count). The second-order valence-electron chi connectivity index (χ2n) is 5.87. The van der Waals surface area contributed by atoms with E-state index in [1.54, 1.807) is 0 Å². The Balaban J connectivity index is 1.81. The highest BCUT2D eigenvalue weighted by molar-refractivity contribution is 5.99. The van der Waals surface area contributed by atoms with Gasteiger partial charge in [-0.1, -0.05) is 66.7 Å². The average Bonchev–Trinajstić information content (AvgIpc) is 2.56. The molecule has 112 valence electrons. The summed E-state index contributed by atoms with van der Waals surface area (Å²) in [4.78, 5) is 14.9. The molecule has 0 aliphatic carbocycles. The van der Waals surface area contributed by atoms with Gasteiger partial charge in [-0.05, 0) is 30.0 Å². The van der Waals surface area contributed by atoms with Crippen molar-refractivity contribution in [2.75, 3.05) is 6.54 Å². The Morgan fingerprint density at radius 3 is 2.18 bits per heavy atom. The number of carbonyl (C=O) groups is 1. The molecule has 0 spiro atoms. The van der Waals surface area contributed by atoms with Crippen molar-refractivity contribution in [1.29, 1.82) is 0 Å². The lowest BCUT2D eigenvalue weighted by atomic mass is 9.93. The Labute approximate surface area is 132 Å². The maximum atomic E-state index is 12.6. The first-order valence-corrected chi connectivity index (χ1v) is 7.77. The molecule has 2 aromatic rings. The van der Waals surface area contributed by atoms with E-state index < -0.39 is 0 Å². The van der Waals surface area contributed by atoms with Gasteiger partial charge in [-0.25, -0.2) is 0 Å². The van der Waals surface area contributed by atoms with Crippen LogP contribution in [0.5, 0.6) is 0 Å². The average molecular weight is 291 g/mol. The van der Waals surface area contributed by atoms with Crippen molar-refractivity contribution in [3.63, 3.8) is 0 Å². The third-order valence-electron chi connectivity index (χ3n) is 4.26. The number of ketones is 1. The normalized spacial score (nSPS) is 19.0. The van der Waals surface area contributed by atoms with Crippen LogP contribution in [0, 0.1) is 0 Å². The van der Waals surface area contributed by atoms with Crippen molar-refractivity contribution >= 4 is 5.78 Å². The number of carbonyl (C=O) groups excluding carboxylic acids is 1. The van der Waals surface area contributed by atoms with Crippen LogP contribution >= 0.6 is 0 Å². The van der Waals surface area contributed by atoms with Crippen LogP contribution in [-0.4, -0.2) is 23.3 Å². The Hall–Kier alpha value is -2.19. The van der Waals surface area contributed by atoms with Gasteiger partial charge >= 0.3 is 0 Å². The molecule has 2 nitrogen and oxygen atoms in total. The van der Waals surface area contributed by atoms with Crippen LogP contribution in [0.3, 0.4) is 0 Å². The number of nitrogens with zero attached hydrogens (tertiary/aromatic N) is 1. The fourth-order valence-corrected chi connectivity index (χ4v) is 2.96. The van der Waals surface area contributed by atoms with Gasteiger partial charge in [-0.2, -0.15) is 0 Å². The largest absolute Gasteiger partial charge is 0.293 e. The van der Waals surface area contributed by atoms with Crippen molar-refractivity contribution in [2.24, 2.45) is 0 Å². The SMILES string of the molecule is CC1=CCN(Cc2ccccc2)C(Cc2ccccc2)C1=O. The summed E-state index contributed by atoms with van der Waals surface area (Å²) in [5.41, 5.74) is 3.36. The van der Waals surface area contributed by atoms with Crippen molar-refractivity contribution < 1.29 is 4.79 Å². The van der Waals surface area contributed by atoms with Gasteiger partial charge < -0.3 is 0 Å². The topological polar surface area (TPSA) is 20.3 Å². The van der Waals surface area contributed by atoms with Crippen LogP contribution in [0.25, 0.3) is 0 Å². The molecule has 1 atom stereocenters. The summed E-state index contributed by atoms with van der Waals surface area (Å²) in [5.74, 6) is 0.256. The van der Waals surface area contributed by atoms with E-state index in [9.17, 15) is 4.79 Å². The van der Waals surface area contributed by atoms with Crippen molar-refractivity contribution in [2.45, 2.75) is 25.9 Å². The molecular formula is C20H21NO. The number of Topliss-reactive ketones (excluding diaryl/α,β-unsaturated/α-hetero) is 1. The van der Waals surface area contributed by atoms with Gasteiger partial charge in [0.15, 0.2) is 5.78 Å². The number of hydrogen-bond donors (Lipinski definition) is 0. The maximum absolute atomic E-state index is 12.6. The summed E-state index contributed by atoms with van der Waals surface area (Å²) >= 11 is 0. The molecule has 0 fully saturated rings. The van der Waals surface area contributed by atoms with Gasteiger partial charge in [0.25, 0.3) is 0 Å². The van der Waals surface area contributed by atoms with Gasteiger partial charge in [0.05, 0.1) is 6.04 Å². The minimum atomic E-state index is -0.0624. The molecule has 1 heterocycles. The molecule has 1 aliphatic heterocycles. The molecule has 0 bridgehead atoms. The van der Waals surface area contributed by atoms with E-state index in [4.69, 9.17) is 0 Å².